The number of amides is 1. The molecule has 0 aromatic heterocycles. The van der Waals surface area contributed by atoms with E-state index in [4.69, 9.17) is 0 Å². The maximum atomic E-state index is 12.2. The normalized spacial score (nSPS) is 13.6. The summed E-state index contributed by atoms with van der Waals surface area (Å²) >= 11 is 0. The zero-order valence-electron chi connectivity index (χ0n) is 12.2. The largest absolute Gasteiger partial charge is 0.311 e. The molecule has 2 aromatic rings. The van der Waals surface area contributed by atoms with Crippen molar-refractivity contribution in [3.05, 3.63) is 41.5 Å². The van der Waals surface area contributed by atoms with E-state index in [1.165, 1.54) is 0 Å². The Morgan fingerprint density at radius 3 is 2.55 bits per heavy atom. The molecule has 2 nitrogen and oxygen atoms in total. The van der Waals surface area contributed by atoms with Crippen LogP contribution in [0.5, 0.6) is 0 Å². The summed E-state index contributed by atoms with van der Waals surface area (Å²) in [6.07, 6.45) is 0. The first-order valence-corrected chi connectivity index (χ1v) is 6.75. The summed E-state index contributed by atoms with van der Waals surface area (Å²) in [6, 6.07) is 9.86. The first-order chi connectivity index (χ1) is 9.38. The van der Waals surface area contributed by atoms with Crippen LogP contribution in [0, 0.1) is 17.3 Å². The fraction of sp³-hybridized carbons (Fsp3) is 0.278. The number of hydrogen-bond acceptors (Lipinski definition) is 1. The highest BCUT2D eigenvalue weighted by molar-refractivity contribution is 6.25. The van der Waals surface area contributed by atoms with Crippen molar-refractivity contribution >= 4 is 22.4 Å². The Labute approximate surface area is 119 Å². The maximum Gasteiger partial charge on any atom is 0.258 e. The van der Waals surface area contributed by atoms with E-state index in [0.717, 1.165) is 27.6 Å². The van der Waals surface area contributed by atoms with Crippen LogP contribution in [0.3, 0.4) is 0 Å². The van der Waals surface area contributed by atoms with Gasteiger partial charge in [-0.3, -0.25) is 4.79 Å². The van der Waals surface area contributed by atoms with E-state index in [0.29, 0.717) is 0 Å². The molecule has 2 aromatic carbocycles. The van der Waals surface area contributed by atoms with Crippen molar-refractivity contribution in [3.63, 3.8) is 0 Å². The molecule has 20 heavy (non-hydrogen) atoms. The summed E-state index contributed by atoms with van der Waals surface area (Å²) in [5.41, 5.74) is 2.71. The van der Waals surface area contributed by atoms with Gasteiger partial charge in [-0.25, -0.2) is 0 Å². The lowest BCUT2D eigenvalue weighted by atomic mass is 9.96. The highest BCUT2D eigenvalue weighted by atomic mass is 16.2. The van der Waals surface area contributed by atoms with Crippen LogP contribution in [-0.2, 0) is 0 Å². The molecule has 0 fully saturated rings. The second kappa shape index (κ2) is 4.11. The lowest BCUT2D eigenvalue weighted by Crippen LogP contribution is -2.20. The third-order valence-electron chi connectivity index (χ3n) is 3.49. The molecule has 2 heteroatoms. The number of rotatable bonds is 0. The summed E-state index contributed by atoms with van der Waals surface area (Å²) < 4.78 is 0. The Balaban J connectivity index is 2.29. The minimum Gasteiger partial charge on any atom is -0.311 e. The molecule has 1 amide bonds. The fourth-order valence-corrected chi connectivity index (χ4v) is 2.50. The van der Waals surface area contributed by atoms with E-state index in [2.05, 4.69) is 32.6 Å². The first-order valence-electron chi connectivity index (χ1n) is 6.75. The fourth-order valence-electron chi connectivity index (χ4n) is 2.50. The van der Waals surface area contributed by atoms with Crippen LogP contribution < -0.4 is 4.90 Å². The van der Waals surface area contributed by atoms with Crippen molar-refractivity contribution in [1.29, 1.82) is 0 Å². The van der Waals surface area contributed by atoms with Gasteiger partial charge in [0, 0.05) is 34.4 Å². The van der Waals surface area contributed by atoms with Gasteiger partial charge in [-0.05, 0) is 39.0 Å². The topological polar surface area (TPSA) is 20.3 Å². The second-order valence-corrected chi connectivity index (χ2v) is 6.22. The van der Waals surface area contributed by atoms with E-state index >= 15 is 0 Å². The van der Waals surface area contributed by atoms with Gasteiger partial charge < -0.3 is 4.90 Å². The highest BCUT2D eigenvalue weighted by Gasteiger charge is 2.27. The summed E-state index contributed by atoms with van der Waals surface area (Å²) in [6.45, 7) is 6.28. The molecule has 3 rings (SSSR count). The number of anilines is 1. The lowest BCUT2D eigenvalue weighted by molar-refractivity contribution is 0.0999. The van der Waals surface area contributed by atoms with E-state index < -0.39 is 0 Å². The van der Waals surface area contributed by atoms with Gasteiger partial charge in [-0.2, -0.15) is 0 Å². The quantitative estimate of drug-likeness (QED) is 0.661. The molecule has 0 radical (unpaired) electrons. The van der Waals surface area contributed by atoms with Crippen LogP contribution in [0.4, 0.5) is 5.69 Å². The third kappa shape index (κ3) is 1.87. The van der Waals surface area contributed by atoms with Gasteiger partial charge in [0.15, 0.2) is 0 Å². The molecule has 0 unspecified atom stereocenters. The number of benzene rings is 2. The standard InChI is InChI=1S/C18H17NO/c1-18(2,3)11-10-12-8-9-15-16-13(12)6-5-7-14(16)17(20)19(15)4/h5-9H,1-4H3. The molecule has 0 spiro atoms. The van der Waals surface area contributed by atoms with Crippen LogP contribution in [0.15, 0.2) is 30.3 Å². The Bertz CT molecular complexity index is 785. The summed E-state index contributed by atoms with van der Waals surface area (Å²) in [5, 5.41) is 2.09. The van der Waals surface area contributed by atoms with E-state index in [-0.39, 0.29) is 11.3 Å². The van der Waals surface area contributed by atoms with Crippen LogP contribution in [0.2, 0.25) is 0 Å². The smallest absolute Gasteiger partial charge is 0.258 e. The van der Waals surface area contributed by atoms with Crippen molar-refractivity contribution in [2.75, 3.05) is 11.9 Å². The monoisotopic (exact) mass is 263 g/mol. The van der Waals surface area contributed by atoms with E-state index in [1.54, 1.807) is 4.90 Å². The van der Waals surface area contributed by atoms with Gasteiger partial charge in [-0.1, -0.05) is 24.0 Å². The van der Waals surface area contributed by atoms with Gasteiger partial charge >= 0.3 is 0 Å². The minimum atomic E-state index is -0.0323. The average Bonchev–Trinajstić information content (AvgIpc) is 2.64. The average molecular weight is 263 g/mol. The molecule has 100 valence electrons. The molecular weight excluding hydrogens is 246 g/mol. The van der Waals surface area contributed by atoms with Crippen molar-refractivity contribution in [3.8, 4) is 11.8 Å². The molecule has 0 saturated carbocycles. The SMILES string of the molecule is CN1C(=O)c2cccc3c(C#CC(C)(C)C)ccc1c23. The lowest BCUT2D eigenvalue weighted by Gasteiger charge is -2.10. The summed E-state index contributed by atoms with van der Waals surface area (Å²) in [5.74, 6) is 6.58. The number of nitrogens with zero attached hydrogens (tertiary/aromatic N) is 1. The number of carbonyl (C=O) groups is 1. The molecule has 1 aliphatic rings. The van der Waals surface area contributed by atoms with E-state index in [9.17, 15) is 4.79 Å². The van der Waals surface area contributed by atoms with Gasteiger partial charge in [0.2, 0.25) is 0 Å². The molecule has 0 aliphatic carbocycles. The van der Waals surface area contributed by atoms with Crippen molar-refractivity contribution in [2.24, 2.45) is 5.41 Å². The van der Waals surface area contributed by atoms with Gasteiger partial charge in [0.25, 0.3) is 5.91 Å². The molecule has 0 bridgehead atoms. The van der Waals surface area contributed by atoms with Crippen molar-refractivity contribution in [1.82, 2.24) is 0 Å². The van der Waals surface area contributed by atoms with Crippen LogP contribution >= 0.6 is 0 Å². The zero-order valence-corrected chi connectivity index (χ0v) is 12.2. The molecule has 0 N–H and O–H groups in total. The minimum absolute atomic E-state index is 0.0323. The predicted molar refractivity (Wildman–Crippen MR) is 83.0 cm³/mol. The van der Waals surface area contributed by atoms with Crippen LogP contribution in [0.1, 0.15) is 36.7 Å². The molecule has 1 heterocycles. The summed E-state index contributed by atoms with van der Waals surface area (Å²) in [7, 11) is 1.82. The Kier molecular flexibility index (Phi) is 2.62. The predicted octanol–water partition coefficient (Wildman–Crippen LogP) is 3.83. The Morgan fingerprint density at radius 2 is 1.85 bits per heavy atom. The van der Waals surface area contributed by atoms with Gasteiger partial charge in [-0.15, -0.1) is 0 Å². The first kappa shape index (κ1) is 12.7. The van der Waals surface area contributed by atoms with Crippen LogP contribution in [-0.4, -0.2) is 13.0 Å². The third-order valence-corrected chi connectivity index (χ3v) is 3.49. The second-order valence-electron chi connectivity index (χ2n) is 6.22. The Morgan fingerprint density at radius 1 is 1.10 bits per heavy atom. The molecular formula is C18H17NO. The van der Waals surface area contributed by atoms with Crippen LogP contribution in [0.25, 0.3) is 10.8 Å². The maximum absolute atomic E-state index is 12.2. The van der Waals surface area contributed by atoms with Crippen molar-refractivity contribution < 1.29 is 4.79 Å². The van der Waals surface area contributed by atoms with Crippen molar-refractivity contribution in [2.45, 2.75) is 20.8 Å². The summed E-state index contributed by atoms with van der Waals surface area (Å²) in [4.78, 5) is 13.9. The molecule has 0 atom stereocenters. The van der Waals surface area contributed by atoms with Gasteiger partial charge in [0.05, 0.1) is 5.69 Å². The van der Waals surface area contributed by atoms with E-state index in [1.807, 2.05) is 37.4 Å². The zero-order chi connectivity index (χ0) is 14.5. The van der Waals surface area contributed by atoms with Gasteiger partial charge in [0.1, 0.15) is 0 Å². The molecule has 0 saturated heterocycles. The Hall–Kier alpha value is -2.27. The highest BCUT2D eigenvalue weighted by Crippen LogP contribution is 2.37. The molecule has 1 aliphatic heterocycles. The number of carbonyl (C=O) groups excluding carboxylic acids is 1. The number of hydrogen-bond donors (Lipinski definition) is 0.